The predicted molar refractivity (Wildman–Crippen MR) is 590 cm³/mol. The minimum Gasteiger partial charge on any atom is -0.507 e. The molecular weight excluding hydrogens is 1870 g/mol. The van der Waals surface area contributed by atoms with Gasteiger partial charge in [-0.3, -0.25) is 52.8 Å². The lowest BCUT2D eigenvalue weighted by atomic mass is 9.80. The van der Waals surface area contributed by atoms with Crippen LogP contribution in [0, 0.1) is 73.5 Å². The molecule has 0 spiro atoms. The van der Waals surface area contributed by atoms with Crippen molar-refractivity contribution in [3.05, 3.63) is 221 Å². The maximum absolute atomic E-state index is 14.1. The molecule has 15 rings (SSSR count). The molecule has 0 bridgehead atoms. The summed E-state index contributed by atoms with van der Waals surface area (Å²) in [6, 6.07) is 51.4. The number of terminal acetylenes is 3. The van der Waals surface area contributed by atoms with Crippen LogP contribution in [-0.4, -0.2) is 182 Å². The third-order valence-electron chi connectivity index (χ3n) is 31.4. The van der Waals surface area contributed by atoms with Gasteiger partial charge in [0.15, 0.2) is 0 Å². The van der Waals surface area contributed by atoms with Crippen molar-refractivity contribution in [3.63, 3.8) is 0 Å². The average Bonchev–Trinajstić information content (AvgIpc) is 0.864. The van der Waals surface area contributed by atoms with Gasteiger partial charge in [0.25, 0.3) is 29.5 Å². The number of benzene rings is 7. The summed E-state index contributed by atoms with van der Waals surface area (Å²) in [6.45, 7) is 7.89. The summed E-state index contributed by atoms with van der Waals surface area (Å²) in [4.78, 5) is 143. The molecule has 0 saturated heterocycles. The molecule has 0 aliphatic heterocycles. The molecule has 0 radical (unpaired) electrons. The second kappa shape index (κ2) is 63.2. The number of hydrogen-bond donors (Lipinski definition) is 8. The zero-order valence-electron chi connectivity index (χ0n) is 89.0. The van der Waals surface area contributed by atoms with Gasteiger partial charge < -0.3 is 66.2 Å². The van der Waals surface area contributed by atoms with Crippen molar-refractivity contribution in [2.75, 3.05) is 44.7 Å². The number of nitrogens with one attached hydrogen (secondary N) is 5. The first-order valence-electron chi connectivity index (χ1n) is 56.1. The van der Waals surface area contributed by atoms with Crippen LogP contribution in [0.4, 0.5) is 5.69 Å². The molecule has 10 amide bonds. The Morgan fingerprint density at radius 3 is 1.00 bits per heavy atom. The molecule has 7 aromatic rings. The van der Waals surface area contributed by atoms with Crippen LogP contribution in [0.2, 0.25) is 0 Å². The molecule has 8 aliphatic rings. The number of nitrogens with zero attached hydrogens (tertiary/aromatic N) is 5. The first-order valence-corrected chi connectivity index (χ1v) is 56.1. The van der Waals surface area contributed by atoms with E-state index < -0.39 is 36.0 Å². The fourth-order valence-electron chi connectivity index (χ4n) is 23.5. The molecule has 24 heteroatoms. The summed E-state index contributed by atoms with van der Waals surface area (Å²) in [7, 11) is 1.56. The van der Waals surface area contributed by atoms with Gasteiger partial charge in [-0.05, 0) is 230 Å². The number of anilines is 1. The summed E-state index contributed by atoms with van der Waals surface area (Å²) < 4.78 is 5.47. The predicted octanol–water partition coefficient (Wildman–Crippen LogP) is 22.3. The summed E-state index contributed by atoms with van der Waals surface area (Å²) in [5.41, 5.74) is 4.49. The number of aromatic hydroxyl groups is 3. The van der Waals surface area contributed by atoms with Crippen molar-refractivity contribution in [2.24, 2.45) is 29.6 Å². The third kappa shape index (κ3) is 34.3. The molecule has 8 saturated carbocycles. The molecule has 5 atom stereocenters. The van der Waals surface area contributed by atoms with Crippen LogP contribution in [0.3, 0.4) is 0 Å². The molecule has 149 heavy (non-hydrogen) atoms. The monoisotopic (exact) mass is 2030 g/mol. The summed E-state index contributed by atoms with van der Waals surface area (Å²) >= 11 is 0. The van der Waals surface area contributed by atoms with Gasteiger partial charge in [-0.1, -0.05) is 314 Å². The SMILES string of the molecule is C#CCN(C(=O)c1ccccc1O)C(C(=O)NC1CCCCC1)C1CCCCC1.C#CCN(C(=O)c1ccccc1O)C(C(=O)NCCCC)C1CCCCC1.C#CCN(C(=O)c1ccccc1O)C(C(=O)NCc1ccccc1)C1CCCCC1.CCCCNC(=O)C(C1CCCCC1)N(C(=O)c1ccccc1OC)c1ccccc1.Cc1ccccc1C(=O)N(C1CCCCC1)C(C(=O)NC1CCCCC1)C1CCCCC1. The van der Waals surface area contributed by atoms with Crippen molar-refractivity contribution >= 4 is 64.8 Å². The molecule has 24 nitrogen and oxygen atoms in total. The molecular formula is C125H166N10O14. The maximum Gasteiger partial charge on any atom is 0.262 e. The molecule has 0 aromatic heterocycles. The van der Waals surface area contributed by atoms with Gasteiger partial charge in [0.1, 0.15) is 53.2 Å². The van der Waals surface area contributed by atoms with Crippen LogP contribution in [0.15, 0.2) is 182 Å². The Morgan fingerprint density at radius 2 is 0.631 bits per heavy atom. The van der Waals surface area contributed by atoms with E-state index in [1.807, 2.05) is 104 Å². The van der Waals surface area contributed by atoms with Crippen LogP contribution in [0.1, 0.15) is 359 Å². The van der Waals surface area contributed by atoms with E-state index in [0.29, 0.717) is 30.9 Å². The number of methoxy groups -OCH3 is 1. The molecule has 8 N–H and O–H groups in total. The highest BCUT2D eigenvalue weighted by atomic mass is 16.5. The van der Waals surface area contributed by atoms with E-state index >= 15 is 0 Å². The van der Waals surface area contributed by atoms with E-state index in [-0.39, 0.29) is 155 Å². The summed E-state index contributed by atoms with van der Waals surface area (Å²) in [6.07, 6.45) is 63.6. The fraction of sp³-hybridized carbons (Fsp3) is 0.536. The standard InChI is InChI=1S/C28H42N2O2.C26H34N2O3.C25H28N2O3.C24H32N2O3.C22H30N2O3/c1-21-13-11-12-20-25(21)28(32)30(24-18-9-4-10-19-24)26(22-14-5-2-6-15-22)27(31)29-23-16-7-3-8-17-23;1-3-4-19-27-25(29)24(20-13-7-5-8-14-20)28(21-15-9-6-10-16-21)26(30)22-17-11-12-18-23(22)31-2;1-2-17-27(25(30)21-15-9-10-16-22(21)28)23(20-13-7-4-8-14-20)24(29)26-18-19-11-5-3-6-12-19;1-2-17-26(24(29)20-15-9-10-16-21(20)27)22(18-11-5-3-6-12-18)23(28)25-19-13-7-4-8-14-19;1-3-5-15-23-21(26)20(17-11-7-6-8-12-17)24(16-4-2)22(27)18-13-9-10-14-19(18)25/h11-13,20,22-24,26H,2-10,14-19H2,1H3,(H,29,31);6,9-12,15-18,20,24H,3-5,7-8,13-14,19H2,1-2H3,(H,27,29);1,3,5-6,9-12,15-16,20,23,28H,4,7-8,13-14,17-18H2,(H,26,29);1,9-10,15-16,18-19,22,27H,3-8,11-14,17H2,(H,25,28);2,9-10,13-14,17,20,25H,3,5-8,11-12,15-16H2,1H3,(H,23,26). The average molecular weight is 2030 g/mol. The highest BCUT2D eigenvalue weighted by molar-refractivity contribution is 6.12. The molecule has 0 heterocycles. The Hall–Kier alpha value is -12.9. The molecule has 5 unspecified atom stereocenters. The van der Waals surface area contributed by atoms with Gasteiger partial charge in [0.2, 0.25) is 29.5 Å². The molecule has 8 aliphatic carbocycles. The van der Waals surface area contributed by atoms with Crippen molar-refractivity contribution in [1.82, 2.24) is 46.2 Å². The van der Waals surface area contributed by atoms with Crippen LogP contribution in [-0.2, 0) is 30.5 Å². The van der Waals surface area contributed by atoms with Crippen molar-refractivity contribution in [2.45, 2.75) is 358 Å². The highest BCUT2D eigenvalue weighted by Crippen LogP contribution is 2.41. The van der Waals surface area contributed by atoms with Crippen molar-refractivity contribution in [3.8, 4) is 60.0 Å². The quantitative estimate of drug-likeness (QED) is 0.0134. The van der Waals surface area contributed by atoms with Crippen LogP contribution >= 0.6 is 0 Å². The van der Waals surface area contributed by atoms with Crippen LogP contribution in [0.5, 0.6) is 23.0 Å². The normalized spacial score (nSPS) is 17.5. The number of hydrogen-bond acceptors (Lipinski definition) is 14. The first-order chi connectivity index (χ1) is 72.6. The second-order valence-electron chi connectivity index (χ2n) is 41.9. The van der Waals surface area contributed by atoms with E-state index in [4.69, 9.17) is 24.0 Å². The summed E-state index contributed by atoms with van der Waals surface area (Å²) in [5.74, 6) is 6.75. The Bertz CT molecular complexity index is 5470. The third-order valence-corrected chi connectivity index (χ3v) is 31.4. The van der Waals surface area contributed by atoms with Gasteiger partial charge in [-0.25, -0.2) is 0 Å². The number of amides is 10. The maximum atomic E-state index is 14.1. The lowest BCUT2D eigenvalue weighted by Crippen LogP contribution is -2.59. The zero-order chi connectivity index (χ0) is 106. The van der Waals surface area contributed by atoms with Crippen LogP contribution in [0.25, 0.3) is 0 Å². The number of unbranched alkanes of at least 4 members (excludes halogenated alkanes) is 2. The number of rotatable bonds is 36. The highest BCUT2D eigenvalue weighted by Gasteiger charge is 2.46. The van der Waals surface area contributed by atoms with Gasteiger partial charge >= 0.3 is 0 Å². The van der Waals surface area contributed by atoms with E-state index in [1.54, 1.807) is 78.7 Å². The Kier molecular flexibility index (Phi) is 49.4. The minimum atomic E-state index is -0.669. The van der Waals surface area contributed by atoms with E-state index in [0.717, 1.165) is 247 Å². The minimum absolute atomic E-state index is 0.00703. The van der Waals surface area contributed by atoms with Crippen molar-refractivity contribution in [1.29, 1.82) is 0 Å². The van der Waals surface area contributed by atoms with Gasteiger partial charge in [-0.2, -0.15) is 0 Å². The van der Waals surface area contributed by atoms with E-state index in [9.17, 15) is 63.3 Å². The fourth-order valence-corrected chi connectivity index (χ4v) is 23.5. The Morgan fingerprint density at radius 1 is 0.329 bits per heavy atom. The number of para-hydroxylation sites is 5. The van der Waals surface area contributed by atoms with Gasteiger partial charge in [0, 0.05) is 49.0 Å². The van der Waals surface area contributed by atoms with Crippen LogP contribution < -0.4 is 36.2 Å². The number of ether oxygens (including phenoxy) is 1. The Labute approximate surface area is 887 Å². The molecule has 800 valence electrons. The van der Waals surface area contributed by atoms with Gasteiger partial charge in [0.05, 0.1) is 49.0 Å². The Balaban J connectivity index is 0.000000177. The number of carbonyl (C=O) groups is 10. The van der Waals surface area contributed by atoms with E-state index in [2.05, 4.69) is 63.1 Å². The van der Waals surface area contributed by atoms with E-state index in [1.165, 1.54) is 90.7 Å². The molecule has 7 aromatic carbocycles. The lowest BCUT2D eigenvalue weighted by molar-refractivity contribution is -0.130. The molecule has 8 fully saturated rings. The lowest BCUT2D eigenvalue weighted by Gasteiger charge is -2.44. The first kappa shape index (κ1) is 116. The number of carbonyl (C=O) groups excluding carboxylic acids is 10. The zero-order valence-corrected chi connectivity index (χ0v) is 89.0. The summed E-state index contributed by atoms with van der Waals surface area (Å²) in [5, 5.41) is 46.2. The topological polar surface area (TPSA) is 317 Å². The number of phenolic OH excluding ortho intramolecular Hbond substituents is 3. The number of aryl methyl sites for hydroxylation is 1. The van der Waals surface area contributed by atoms with Gasteiger partial charge in [-0.15, -0.1) is 19.3 Å². The second-order valence-corrected chi connectivity index (χ2v) is 41.9. The smallest absolute Gasteiger partial charge is 0.262 e. The van der Waals surface area contributed by atoms with Crippen molar-refractivity contribution < 1.29 is 68.0 Å². The largest absolute Gasteiger partial charge is 0.507 e. The number of phenols is 3.